The number of nitrogens with zero attached hydrogens (tertiary/aromatic N) is 1. The van der Waals surface area contributed by atoms with E-state index in [2.05, 4.69) is 31.2 Å². The van der Waals surface area contributed by atoms with Crippen molar-refractivity contribution in [3.63, 3.8) is 0 Å². The Morgan fingerprint density at radius 2 is 1.75 bits per heavy atom. The highest BCUT2D eigenvalue weighted by Gasteiger charge is 1.99. The first kappa shape index (κ1) is 10.7. The van der Waals surface area contributed by atoms with E-state index in [0.717, 1.165) is 11.1 Å². The number of hydrogen-bond donors (Lipinski definition) is 0. The Labute approximate surface area is 95.2 Å². The summed E-state index contributed by atoms with van der Waals surface area (Å²) in [4.78, 5) is 11.8. The molecule has 16 heavy (non-hydrogen) atoms. The molecule has 1 aromatic heterocycles. The third kappa shape index (κ3) is 2.22. The molecule has 0 N–H and O–H groups in total. The topological polar surface area (TPSA) is 22.0 Å². The molecule has 0 spiro atoms. The van der Waals surface area contributed by atoms with Crippen LogP contribution < -0.4 is 5.56 Å². The average Bonchev–Trinajstić information content (AvgIpc) is 2.28. The van der Waals surface area contributed by atoms with Gasteiger partial charge in [0.15, 0.2) is 0 Å². The molecule has 2 rings (SSSR count). The van der Waals surface area contributed by atoms with Gasteiger partial charge in [0.1, 0.15) is 0 Å². The fraction of sp³-hybridized carbons (Fsp3) is 0.214. The highest BCUT2D eigenvalue weighted by atomic mass is 16.1. The summed E-state index contributed by atoms with van der Waals surface area (Å²) in [5, 5.41) is 0. The molecule has 1 heterocycles. The van der Waals surface area contributed by atoms with Gasteiger partial charge in [-0.2, -0.15) is 0 Å². The summed E-state index contributed by atoms with van der Waals surface area (Å²) in [5.74, 6) is 0. The molecule has 0 saturated heterocycles. The van der Waals surface area contributed by atoms with Gasteiger partial charge in [0.25, 0.3) is 5.56 Å². The smallest absolute Gasteiger partial charge is 0.253 e. The molecule has 0 fully saturated rings. The van der Waals surface area contributed by atoms with Gasteiger partial charge in [-0.05, 0) is 25.5 Å². The minimum atomic E-state index is 0.0862. The van der Waals surface area contributed by atoms with E-state index in [0.29, 0.717) is 6.54 Å². The summed E-state index contributed by atoms with van der Waals surface area (Å²) < 4.78 is 1.74. The first-order chi connectivity index (χ1) is 7.66. The Kier molecular flexibility index (Phi) is 2.91. The van der Waals surface area contributed by atoms with Crippen LogP contribution in [-0.4, -0.2) is 4.57 Å². The third-order valence-electron chi connectivity index (χ3n) is 2.68. The van der Waals surface area contributed by atoms with Crippen LogP contribution in [0.3, 0.4) is 0 Å². The zero-order valence-electron chi connectivity index (χ0n) is 9.60. The Hall–Kier alpha value is -1.83. The Morgan fingerprint density at radius 1 is 1.06 bits per heavy atom. The van der Waals surface area contributed by atoms with Crippen LogP contribution in [0.25, 0.3) is 0 Å². The number of aryl methyl sites for hydroxylation is 2. The normalized spacial score (nSPS) is 10.4. The molecule has 0 saturated carbocycles. The first-order valence-corrected chi connectivity index (χ1v) is 5.38. The number of benzene rings is 1. The summed E-state index contributed by atoms with van der Waals surface area (Å²) in [6.45, 7) is 4.54. The van der Waals surface area contributed by atoms with Gasteiger partial charge in [-0.25, -0.2) is 0 Å². The second-order valence-corrected chi connectivity index (χ2v) is 4.11. The minimum absolute atomic E-state index is 0.0862. The highest BCUT2D eigenvalue weighted by Crippen LogP contribution is 2.04. The van der Waals surface area contributed by atoms with Crippen LogP contribution in [0.15, 0.2) is 47.4 Å². The van der Waals surface area contributed by atoms with Gasteiger partial charge in [0.05, 0.1) is 6.54 Å². The lowest BCUT2D eigenvalue weighted by Crippen LogP contribution is -2.21. The van der Waals surface area contributed by atoms with Crippen molar-refractivity contribution in [1.82, 2.24) is 4.57 Å². The van der Waals surface area contributed by atoms with Crippen LogP contribution in [0.5, 0.6) is 0 Å². The Bertz CT molecular complexity index is 537. The van der Waals surface area contributed by atoms with Gasteiger partial charge in [0, 0.05) is 11.8 Å². The highest BCUT2D eigenvalue weighted by molar-refractivity contribution is 5.22. The summed E-state index contributed by atoms with van der Waals surface area (Å²) in [5.41, 5.74) is 3.26. The van der Waals surface area contributed by atoms with E-state index in [1.807, 2.05) is 25.3 Å². The predicted molar refractivity (Wildman–Crippen MR) is 65.7 cm³/mol. The van der Waals surface area contributed by atoms with E-state index >= 15 is 0 Å². The molecule has 2 nitrogen and oxygen atoms in total. The van der Waals surface area contributed by atoms with E-state index < -0.39 is 0 Å². The summed E-state index contributed by atoms with van der Waals surface area (Å²) >= 11 is 0. The lowest BCUT2D eigenvalue weighted by atomic mass is 10.1. The van der Waals surface area contributed by atoms with E-state index in [1.165, 1.54) is 5.56 Å². The van der Waals surface area contributed by atoms with Crippen LogP contribution in [0.1, 0.15) is 16.7 Å². The SMILES string of the molecule is Cc1ccc(Cn2cccc(C)c2=O)cc1. The van der Waals surface area contributed by atoms with Crippen molar-refractivity contribution in [2.24, 2.45) is 0 Å². The lowest BCUT2D eigenvalue weighted by Gasteiger charge is -2.06. The van der Waals surface area contributed by atoms with E-state index in [4.69, 9.17) is 0 Å². The van der Waals surface area contributed by atoms with E-state index in [1.54, 1.807) is 4.57 Å². The quantitative estimate of drug-likeness (QED) is 0.751. The molecule has 82 valence electrons. The molecule has 0 amide bonds. The summed E-state index contributed by atoms with van der Waals surface area (Å²) in [6.07, 6.45) is 1.83. The van der Waals surface area contributed by atoms with Gasteiger partial charge < -0.3 is 4.57 Å². The van der Waals surface area contributed by atoms with Gasteiger partial charge in [0.2, 0.25) is 0 Å². The number of hydrogen-bond acceptors (Lipinski definition) is 1. The standard InChI is InChI=1S/C14H15NO/c1-11-5-7-13(8-6-11)10-15-9-3-4-12(2)14(15)16/h3-9H,10H2,1-2H3. The molecule has 2 aromatic rings. The van der Waals surface area contributed by atoms with E-state index in [-0.39, 0.29) is 5.56 Å². The van der Waals surface area contributed by atoms with Crippen LogP contribution in [0.2, 0.25) is 0 Å². The van der Waals surface area contributed by atoms with Gasteiger partial charge in [-0.3, -0.25) is 4.79 Å². The average molecular weight is 213 g/mol. The molecule has 0 unspecified atom stereocenters. The van der Waals surface area contributed by atoms with Crippen LogP contribution >= 0.6 is 0 Å². The molecule has 2 heteroatoms. The van der Waals surface area contributed by atoms with Crippen molar-refractivity contribution in [3.8, 4) is 0 Å². The second-order valence-electron chi connectivity index (χ2n) is 4.11. The summed E-state index contributed by atoms with van der Waals surface area (Å²) in [7, 11) is 0. The van der Waals surface area contributed by atoms with Gasteiger partial charge in [-0.1, -0.05) is 35.9 Å². The van der Waals surface area contributed by atoms with Crippen LogP contribution in [0, 0.1) is 13.8 Å². The Morgan fingerprint density at radius 3 is 2.44 bits per heavy atom. The number of pyridine rings is 1. The molecule has 0 aliphatic carbocycles. The zero-order valence-corrected chi connectivity index (χ0v) is 9.60. The maximum atomic E-state index is 11.8. The Balaban J connectivity index is 2.31. The minimum Gasteiger partial charge on any atom is -0.311 e. The number of rotatable bonds is 2. The molecule has 0 aliphatic heterocycles. The largest absolute Gasteiger partial charge is 0.311 e. The molecule has 0 atom stereocenters. The van der Waals surface area contributed by atoms with Gasteiger partial charge >= 0.3 is 0 Å². The fourth-order valence-corrected chi connectivity index (χ4v) is 1.67. The molecular weight excluding hydrogens is 198 g/mol. The van der Waals surface area contributed by atoms with Crippen LogP contribution in [-0.2, 0) is 6.54 Å². The van der Waals surface area contributed by atoms with Gasteiger partial charge in [-0.15, -0.1) is 0 Å². The molecule has 0 bridgehead atoms. The fourth-order valence-electron chi connectivity index (χ4n) is 1.67. The second kappa shape index (κ2) is 4.35. The van der Waals surface area contributed by atoms with Crippen molar-refractivity contribution in [3.05, 3.63) is 69.6 Å². The van der Waals surface area contributed by atoms with Crippen molar-refractivity contribution in [2.75, 3.05) is 0 Å². The number of aromatic nitrogens is 1. The maximum absolute atomic E-state index is 11.8. The third-order valence-corrected chi connectivity index (χ3v) is 2.68. The first-order valence-electron chi connectivity index (χ1n) is 5.38. The van der Waals surface area contributed by atoms with Crippen molar-refractivity contribution in [1.29, 1.82) is 0 Å². The van der Waals surface area contributed by atoms with Crippen LogP contribution in [0.4, 0.5) is 0 Å². The summed E-state index contributed by atoms with van der Waals surface area (Å²) in [6, 6.07) is 12.0. The van der Waals surface area contributed by atoms with Crippen molar-refractivity contribution < 1.29 is 0 Å². The molecule has 1 aromatic carbocycles. The predicted octanol–water partition coefficient (Wildman–Crippen LogP) is 2.51. The molecule has 0 aliphatic rings. The monoisotopic (exact) mass is 213 g/mol. The zero-order chi connectivity index (χ0) is 11.5. The maximum Gasteiger partial charge on any atom is 0.253 e. The molecule has 0 radical (unpaired) electrons. The lowest BCUT2D eigenvalue weighted by molar-refractivity contribution is 0.752. The van der Waals surface area contributed by atoms with Crippen molar-refractivity contribution in [2.45, 2.75) is 20.4 Å². The van der Waals surface area contributed by atoms with E-state index in [9.17, 15) is 4.79 Å². The van der Waals surface area contributed by atoms with Crippen molar-refractivity contribution >= 4 is 0 Å². The molecular formula is C14H15NO.